The fraction of sp³-hybridized carbons (Fsp3) is 0.667. The first-order valence-corrected chi connectivity index (χ1v) is 8.26. The summed E-state index contributed by atoms with van der Waals surface area (Å²) in [7, 11) is 1.78. The summed E-state index contributed by atoms with van der Waals surface area (Å²) in [6, 6.07) is 9.56. The number of nitrogens with one attached hydrogen (secondary N) is 1. The van der Waals surface area contributed by atoms with E-state index < -0.39 is 0 Å². The third-order valence-corrected chi connectivity index (χ3v) is 4.00. The van der Waals surface area contributed by atoms with Crippen LogP contribution in [0.2, 0.25) is 0 Å². The second-order valence-electron chi connectivity index (χ2n) is 5.53. The fourth-order valence-electron chi connectivity index (χ4n) is 2.75. The van der Waals surface area contributed by atoms with Crippen molar-refractivity contribution in [1.82, 2.24) is 10.2 Å². The van der Waals surface area contributed by atoms with Gasteiger partial charge in [0.25, 0.3) is 0 Å². The standard InChI is InChI=1S/C18H32N2O/c1-5-18(6-2)20(11-12-21-4)15-17-10-8-9-16(13-17)14-19-7-3/h8-10,13,18-19H,5-7,11-12,14-15H2,1-4H3. The molecule has 0 fully saturated rings. The monoisotopic (exact) mass is 292 g/mol. The Bertz CT molecular complexity index is 377. The van der Waals surface area contributed by atoms with E-state index in [1.165, 1.54) is 24.0 Å². The van der Waals surface area contributed by atoms with Crippen LogP contribution in [0.1, 0.15) is 44.7 Å². The molecule has 3 nitrogen and oxygen atoms in total. The molecule has 3 heteroatoms. The maximum absolute atomic E-state index is 5.27. The number of ether oxygens (including phenoxy) is 1. The van der Waals surface area contributed by atoms with E-state index in [0.29, 0.717) is 6.04 Å². The maximum atomic E-state index is 5.27. The molecule has 120 valence electrons. The summed E-state index contributed by atoms with van der Waals surface area (Å²) in [6.07, 6.45) is 2.38. The molecule has 0 aliphatic rings. The van der Waals surface area contributed by atoms with Gasteiger partial charge in [-0.3, -0.25) is 4.90 Å². The molecule has 0 saturated heterocycles. The molecule has 1 rings (SSSR count). The highest BCUT2D eigenvalue weighted by Gasteiger charge is 2.15. The first-order chi connectivity index (χ1) is 10.2. The Morgan fingerprint density at radius 1 is 1.14 bits per heavy atom. The molecule has 0 atom stereocenters. The predicted octanol–water partition coefficient (Wildman–Crippen LogP) is 3.43. The predicted molar refractivity (Wildman–Crippen MR) is 90.5 cm³/mol. The molecule has 0 heterocycles. The molecular formula is C18H32N2O. The normalized spacial score (nSPS) is 11.5. The van der Waals surface area contributed by atoms with E-state index in [1.54, 1.807) is 7.11 Å². The van der Waals surface area contributed by atoms with Crippen molar-refractivity contribution < 1.29 is 4.74 Å². The molecule has 0 bridgehead atoms. The molecule has 21 heavy (non-hydrogen) atoms. The summed E-state index contributed by atoms with van der Waals surface area (Å²) in [6.45, 7) is 11.5. The van der Waals surface area contributed by atoms with Crippen molar-refractivity contribution in [2.45, 2.75) is 52.7 Å². The van der Waals surface area contributed by atoms with Crippen molar-refractivity contribution in [3.63, 3.8) is 0 Å². The average molecular weight is 292 g/mol. The summed E-state index contributed by atoms with van der Waals surface area (Å²) >= 11 is 0. The highest BCUT2D eigenvalue weighted by molar-refractivity contribution is 5.23. The van der Waals surface area contributed by atoms with Gasteiger partial charge in [-0.25, -0.2) is 0 Å². The van der Waals surface area contributed by atoms with Crippen LogP contribution in [0, 0.1) is 0 Å². The highest BCUT2D eigenvalue weighted by atomic mass is 16.5. The molecule has 0 aromatic heterocycles. The SMILES string of the molecule is CCNCc1cccc(CN(CCOC)C(CC)CC)c1. The Hall–Kier alpha value is -0.900. The van der Waals surface area contributed by atoms with Gasteiger partial charge in [0.15, 0.2) is 0 Å². The number of hydrogen-bond donors (Lipinski definition) is 1. The van der Waals surface area contributed by atoms with Crippen molar-refractivity contribution in [2.75, 3.05) is 26.8 Å². The van der Waals surface area contributed by atoms with E-state index in [2.05, 4.69) is 55.3 Å². The number of hydrogen-bond acceptors (Lipinski definition) is 3. The molecule has 0 unspecified atom stereocenters. The molecular weight excluding hydrogens is 260 g/mol. The summed E-state index contributed by atoms with van der Waals surface area (Å²) in [4.78, 5) is 2.55. The molecule has 0 aliphatic heterocycles. The molecule has 1 N–H and O–H groups in total. The van der Waals surface area contributed by atoms with E-state index >= 15 is 0 Å². The lowest BCUT2D eigenvalue weighted by Crippen LogP contribution is -2.36. The van der Waals surface area contributed by atoms with Crippen molar-refractivity contribution in [3.8, 4) is 0 Å². The minimum atomic E-state index is 0.637. The molecule has 0 radical (unpaired) electrons. The van der Waals surface area contributed by atoms with Crippen LogP contribution >= 0.6 is 0 Å². The van der Waals surface area contributed by atoms with Crippen LogP contribution < -0.4 is 5.32 Å². The zero-order chi connectivity index (χ0) is 15.5. The Morgan fingerprint density at radius 3 is 2.48 bits per heavy atom. The minimum absolute atomic E-state index is 0.637. The Labute approximate surface area is 130 Å². The lowest BCUT2D eigenvalue weighted by atomic mass is 10.1. The van der Waals surface area contributed by atoms with E-state index in [4.69, 9.17) is 4.74 Å². The topological polar surface area (TPSA) is 24.5 Å². The zero-order valence-electron chi connectivity index (χ0n) is 14.2. The summed E-state index contributed by atoms with van der Waals surface area (Å²) < 4.78 is 5.27. The number of rotatable bonds is 11. The van der Waals surface area contributed by atoms with Crippen molar-refractivity contribution in [2.24, 2.45) is 0 Å². The number of benzene rings is 1. The molecule has 1 aromatic rings. The second-order valence-corrected chi connectivity index (χ2v) is 5.53. The van der Waals surface area contributed by atoms with Crippen molar-refractivity contribution in [1.29, 1.82) is 0 Å². The van der Waals surface area contributed by atoms with Gasteiger partial charge in [-0.05, 0) is 30.5 Å². The molecule has 0 aliphatic carbocycles. The third-order valence-electron chi connectivity index (χ3n) is 4.00. The largest absolute Gasteiger partial charge is 0.383 e. The van der Waals surface area contributed by atoms with E-state index in [0.717, 1.165) is 32.8 Å². The van der Waals surface area contributed by atoms with Gasteiger partial charge in [-0.1, -0.05) is 45.0 Å². The van der Waals surface area contributed by atoms with Gasteiger partial charge in [0.2, 0.25) is 0 Å². The van der Waals surface area contributed by atoms with E-state index in [-0.39, 0.29) is 0 Å². The van der Waals surface area contributed by atoms with Crippen LogP contribution in [0.4, 0.5) is 0 Å². The number of nitrogens with zero attached hydrogens (tertiary/aromatic N) is 1. The summed E-state index contributed by atoms with van der Waals surface area (Å²) in [5.41, 5.74) is 2.76. The maximum Gasteiger partial charge on any atom is 0.0589 e. The quantitative estimate of drug-likeness (QED) is 0.676. The molecule has 1 aromatic carbocycles. The van der Waals surface area contributed by atoms with Crippen LogP contribution in [0.5, 0.6) is 0 Å². The van der Waals surface area contributed by atoms with Crippen LogP contribution in [-0.4, -0.2) is 37.7 Å². The molecule has 0 amide bonds. The zero-order valence-corrected chi connectivity index (χ0v) is 14.2. The van der Waals surface area contributed by atoms with Crippen molar-refractivity contribution in [3.05, 3.63) is 35.4 Å². The highest BCUT2D eigenvalue weighted by Crippen LogP contribution is 2.14. The van der Waals surface area contributed by atoms with E-state index in [1.807, 2.05) is 0 Å². The first kappa shape index (κ1) is 18.1. The average Bonchev–Trinajstić information content (AvgIpc) is 2.52. The summed E-state index contributed by atoms with van der Waals surface area (Å²) in [5.74, 6) is 0. The lowest BCUT2D eigenvalue weighted by molar-refractivity contribution is 0.110. The third kappa shape index (κ3) is 6.60. The first-order valence-electron chi connectivity index (χ1n) is 8.26. The fourth-order valence-corrected chi connectivity index (χ4v) is 2.75. The van der Waals surface area contributed by atoms with Gasteiger partial charge >= 0.3 is 0 Å². The van der Waals surface area contributed by atoms with Gasteiger partial charge in [-0.2, -0.15) is 0 Å². The van der Waals surface area contributed by atoms with Crippen LogP contribution in [0.25, 0.3) is 0 Å². The lowest BCUT2D eigenvalue weighted by Gasteiger charge is -2.30. The van der Waals surface area contributed by atoms with Gasteiger partial charge in [0.1, 0.15) is 0 Å². The van der Waals surface area contributed by atoms with Gasteiger partial charge in [0.05, 0.1) is 6.61 Å². The molecule has 0 saturated carbocycles. The van der Waals surface area contributed by atoms with Crippen LogP contribution in [0.3, 0.4) is 0 Å². The smallest absolute Gasteiger partial charge is 0.0589 e. The van der Waals surface area contributed by atoms with Crippen LogP contribution in [0.15, 0.2) is 24.3 Å². The molecule has 0 spiro atoms. The van der Waals surface area contributed by atoms with Crippen molar-refractivity contribution >= 4 is 0 Å². The van der Waals surface area contributed by atoms with Gasteiger partial charge in [0, 0.05) is 32.8 Å². The Balaban J connectivity index is 2.72. The second kappa shape index (κ2) is 10.8. The Morgan fingerprint density at radius 2 is 1.86 bits per heavy atom. The summed E-state index contributed by atoms with van der Waals surface area (Å²) in [5, 5.41) is 3.39. The minimum Gasteiger partial charge on any atom is -0.383 e. The van der Waals surface area contributed by atoms with Gasteiger partial charge in [-0.15, -0.1) is 0 Å². The van der Waals surface area contributed by atoms with Crippen LogP contribution in [-0.2, 0) is 17.8 Å². The van der Waals surface area contributed by atoms with Gasteiger partial charge < -0.3 is 10.1 Å². The Kier molecular flexibility index (Phi) is 9.31. The number of methoxy groups -OCH3 is 1. The van der Waals surface area contributed by atoms with E-state index in [9.17, 15) is 0 Å².